The molecule has 0 aliphatic heterocycles. The van der Waals surface area contributed by atoms with Crippen LogP contribution in [0.2, 0.25) is 0 Å². The molecule has 0 heterocycles. The van der Waals surface area contributed by atoms with Crippen molar-refractivity contribution in [3.8, 4) is 0 Å². The first kappa shape index (κ1) is 20.0. The summed E-state index contributed by atoms with van der Waals surface area (Å²) in [4.78, 5) is 23.4. The number of carbonyl (C=O) groups is 2. The van der Waals surface area contributed by atoms with Gasteiger partial charge in [0.25, 0.3) is 5.91 Å². The zero-order valence-electron chi connectivity index (χ0n) is 14.3. The standard InChI is InChI=1S/C19H22F3NO3/c20-19(21,22)15-10-7-14(8-11-15)9-12-18(25)26-13-17(24)23-16-5-3-1-2-4-6-16/h7-12,16H,1-6,13H2,(H,23,24)/b12-9+. The predicted octanol–water partition coefficient (Wildman–Crippen LogP) is 4.10. The molecule has 1 N–H and O–H groups in total. The van der Waals surface area contributed by atoms with Crippen LogP contribution in [0.3, 0.4) is 0 Å². The number of hydrogen-bond donors (Lipinski definition) is 1. The minimum atomic E-state index is -4.40. The maximum Gasteiger partial charge on any atom is 0.416 e. The van der Waals surface area contributed by atoms with E-state index < -0.39 is 17.7 Å². The topological polar surface area (TPSA) is 55.4 Å². The number of esters is 1. The number of halogens is 3. The van der Waals surface area contributed by atoms with Crippen LogP contribution in [0.1, 0.15) is 49.7 Å². The van der Waals surface area contributed by atoms with E-state index in [2.05, 4.69) is 5.32 Å². The molecule has 1 aromatic rings. The fourth-order valence-electron chi connectivity index (χ4n) is 2.83. The highest BCUT2D eigenvalue weighted by atomic mass is 19.4. The Labute approximate surface area is 150 Å². The maximum atomic E-state index is 12.5. The van der Waals surface area contributed by atoms with Crippen molar-refractivity contribution < 1.29 is 27.5 Å². The zero-order valence-corrected chi connectivity index (χ0v) is 14.3. The van der Waals surface area contributed by atoms with Gasteiger partial charge in [-0.3, -0.25) is 4.79 Å². The first-order valence-corrected chi connectivity index (χ1v) is 8.66. The van der Waals surface area contributed by atoms with Gasteiger partial charge in [0.05, 0.1) is 5.56 Å². The van der Waals surface area contributed by atoms with Gasteiger partial charge in [0, 0.05) is 12.1 Å². The Balaban J connectivity index is 1.75. The molecule has 2 rings (SSSR count). The Morgan fingerprint density at radius 3 is 2.27 bits per heavy atom. The van der Waals surface area contributed by atoms with Gasteiger partial charge in [0.15, 0.2) is 6.61 Å². The maximum absolute atomic E-state index is 12.5. The minimum absolute atomic E-state index is 0.131. The fourth-order valence-corrected chi connectivity index (χ4v) is 2.83. The van der Waals surface area contributed by atoms with Gasteiger partial charge in [-0.25, -0.2) is 4.79 Å². The van der Waals surface area contributed by atoms with Gasteiger partial charge < -0.3 is 10.1 Å². The fraction of sp³-hybridized carbons (Fsp3) is 0.474. The average Bonchev–Trinajstić information content (AvgIpc) is 2.86. The normalized spacial score (nSPS) is 16.3. The van der Waals surface area contributed by atoms with Gasteiger partial charge >= 0.3 is 12.1 Å². The summed E-state index contributed by atoms with van der Waals surface area (Å²) >= 11 is 0. The van der Waals surface area contributed by atoms with E-state index in [1.54, 1.807) is 0 Å². The molecule has 1 amide bonds. The molecule has 4 nitrogen and oxygen atoms in total. The number of rotatable bonds is 5. The molecule has 1 aliphatic rings. The molecular weight excluding hydrogens is 347 g/mol. The third-order valence-electron chi connectivity index (χ3n) is 4.22. The molecule has 142 valence electrons. The predicted molar refractivity (Wildman–Crippen MR) is 91.1 cm³/mol. The first-order valence-electron chi connectivity index (χ1n) is 8.66. The van der Waals surface area contributed by atoms with Crippen molar-refractivity contribution in [2.24, 2.45) is 0 Å². The van der Waals surface area contributed by atoms with Crippen molar-refractivity contribution >= 4 is 18.0 Å². The average molecular weight is 369 g/mol. The van der Waals surface area contributed by atoms with Gasteiger partial charge in [0.1, 0.15) is 0 Å². The van der Waals surface area contributed by atoms with Crippen molar-refractivity contribution in [1.82, 2.24) is 5.32 Å². The van der Waals surface area contributed by atoms with Crippen LogP contribution >= 0.6 is 0 Å². The van der Waals surface area contributed by atoms with Crippen LogP contribution in [-0.2, 0) is 20.5 Å². The molecule has 1 aliphatic carbocycles. The smallest absolute Gasteiger partial charge is 0.416 e. The number of alkyl halides is 3. The van der Waals surface area contributed by atoms with Crippen LogP contribution in [-0.4, -0.2) is 24.5 Å². The molecule has 1 aromatic carbocycles. The van der Waals surface area contributed by atoms with E-state index in [4.69, 9.17) is 4.74 Å². The lowest BCUT2D eigenvalue weighted by Crippen LogP contribution is -2.37. The molecule has 0 saturated heterocycles. The summed E-state index contributed by atoms with van der Waals surface area (Å²) in [7, 11) is 0. The Kier molecular flexibility index (Phi) is 7.24. The summed E-state index contributed by atoms with van der Waals surface area (Å²) in [5, 5.41) is 2.86. The molecular formula is C19H22F3NO3. The molecule has 1 saturated carbocycles. The number of amides is 1. The minimum Gasteiger partial charge on any atom is -0.452 e. The molecule has 7 heteroatoms. The van der Waals surface area contributed by atoms with Gasteiger partial charge in [-0.15, -0.1) is 0 Å². The van der Waals surface area contributed by atoms with Crippen molar-refractivity contribution in [1.29, 1.82) is 0 Å². The lowest BCUT2D eigenvalue weighted by atomic mass is 10.1. The molecule has 0 unspecified atom stereocenters. The van der Waals surface area contributed by atoms with Crippen molar-refractivity contribution in [2.75, 3.05) is 6.61 Å². The zero-order chi connectivity index (χ0) is 19.0. The molecule has 0 aromatic heterocycles. The summed E-state index contributed by atoms with van der Waals surface area (Å²) in [5.41, 5.74) is -0.328. The second-order valence-corrected chi connectivity index (χ2v) is 6.32. The molecule has 0 atom stereocenters. The highest BCUT2D eigenvalue weighted by Gasteiger charge is 2.29. The van der Waals surface area contributed by atoms with Gasteiger partial charge in [0.2, 0.25) is 0 Å². The quantitative estimate of drug-likeness (QED) is 0.483. The molecule has 26 heavy (non-hydrogen) atoms. The monoisotopic (exact) mass is 369 g/mol. The number of carbonyl (C=O) groups excluding carboxylic acids is 2. The van der Waals surface area contributed by atoms with Crippen LogP contribution in [0.4, 0.5) is 13.2 Å². The van der Waals surface area contributed by atoms with E-state index in [0.717, 1.165) is 43.9 Å². The highest BCUT2D eigenvalue weighted by molar-refractivity contribution is 5.89. The van der Waals surface area contributed by atoms with Gasteiger partial charge in [-0.2, -0.15) is 13.2 Å². The van der Waals surface area contributed by atoms with Crippen LogP contribution in [0, 0.1) is 0 Å². The van der Waals surface area contributed by atoms with Crippen LogP contribution in [0.5, 0.6) is 0 Å². The Bertz CT molecular complexity index is 630. The van der Waals surface area contributed by atoms with Gasteiger partial charge in [-0.1, -0.05) is 37.8 Å². The van der Waals surface area contributed by atoms with Crippen LogP contribution < -0.4 is 5.32 Å². The van der Waals surface area contributed by atoms with Crippen molar-refractivity contribution in [2.45, 2.75) is 50.7 Å². The molecule has 1 fully saturated rings. The summed E-state index contributed by atoms with van der Waals surface area (Å²) in [6, 6.07) is 4.51. The van der Waals surface area contributed by atoms with Crippen molar-refractivity contribution in [3.05, 3.63) is 41.5 Å². The third kappa shape index (κ3) is 6.90. The van der Waals surface area contributed by atoms with E-state index in [9.17, 15) is 22.8 Å². The van der Waals surface area contributed by atoms with Crippen molar-refractivity contribution in [3.63, 3.8) is 0 Å². The SMILES string of the molecule is O=C(COC(=O)/C=C/c1ccc(C(F)(F)F)cc1)NC1CCCCCC1. The second-order valence-electron chi connectivity index (χ2n) is 6.32. The lowest BCUT2D eigenvalue weighted by Gasteiger charge is -2.15. The third-order valence-corrected chi connectivity index (χ3v) is 4.22. The first-order chi connectivity index (χ1) is 12.3. The van der Waals surface area contributed by atoms with Crippen LogP contribution in [0.25, 0.3) is 6.08 Å². The second kappa shape index (κ2) is 9.40. The number of benzene rings is 1. The van der Waals surface area contributed by atoms with E-state index in [1.807, 2.05) is 0 Å². The summed E-state index contributed by atoms with van der Waals surface area (Å²) in [6.45, 7) is -0.368. The molecule has 0 radical (unpaired) electrons. The Morgan fingerprint density at radius 1 is 1.08 bits per heavy atom. The number of nitrogens with one attached hydrogen (secondary N) is 1. The molecule has 0 bridgehead atoms. The van der Waals surface area contributed by atoms with Gasteiger partial charge in [-0.05, 0) is 36.6 Å². The van der Waals surface area contributed by atoms with E-state index in [0.29, 0.717) is 5.56 Å². The Hall–Kier alpha value is -2.31. The summed E-state index contributed by atoms with van der Waals surface area (Å²) in [5.74, 6) is -1.06. The highest BCUT2D eigenvalue weighted by Crippen LogP contribution is 2.29. The Morgan fingerprint density at radius 2 is 1.69 bits per heavy atom. The summed E-state index contributed by atoms with van der Waals surface area (Å²) in [6.07, 6.45) is 4.42. The largest absolute Gasteiger partial charge is 0.452 e. The van der Waals surface area contributed by atoms with Crippen LogP contribution in [0.15, 0.2) is 30.3 Å². The summed E-state index contributed by atoms with van der Waals surface area (Å²) < 4.78 is 42.3. The van der Waals surface area contributed by atoms with E-state index in [1.165, 1.54) is 31.1 Å². The number of ether oxygens (including phenoxy) is 1. The van der Waals surface area contributed by atoms with E-state index >= 15 is 0 Å². The number of hydrogen-bond acceptors (Lipinski definition) is 3. The molecule has 0 spiro atoms. The lowest BCUT2D eigenvalue weighted by molar-refractivity contribution is -0.144. The van der Waals surface area contributed by atoms with E-state index in [-0.39, 0.29) is 18.6 Å².